The van der Waals surface area contributed by atoms with Crippen molar-refractivity contribution in [1.82, 2.24) is 10.2 Å². The van der Waals surface area contributed by atoms with Crippen LogP contribution < -0.4 is 10.1 Å². The standard InChI is InChI=1S/C19H31N3O3.HI/c1-20-19(21-11-16-25-17-7-4-3-5-8-17)22-12-9-18(10-13-22)24-15-6-14-23-2;/h3-5,7-8,18H,6,9-16H2,1-2H3,(H,20,21);1H. The van der Waals surface area contributed by atoms with Gasteiger partial charge in [0.05, 0.1) is 12.6 Å². The first-order valence-corrected chi connectivity index (χ1v) is 9.07. The number of piperidine rings is 1. The summed E-state index contributed by atoms with van der Waals surface area (Å²) in [6.45, 7) is 4.82. The molecule has 0 amide bonds. The average Bonchev–Trinajstić information content (AvgIpc) is 2.67. The van der Waals surface area contributed by atoms with E-state index in [1.165, 1.54) is 0 Å². The molecule has 1 aliphatic heterocycles. The molecule has 26 heavy (non-hydrogen) atoms. The van der Waals surface area contributed by atoms with Gasteiger partial charge in [0.2, 0.25) is 0 Å². The minimum absolute atomic E-state index is 0. The lowest BCUT2D eigenvalue weighted by Gasteiger charge is -2.34. The Labute approximate surface area is 174 Å². The highest BCUT2D eigenvalue weighted by atomic mass is 127. The van der Waals surface area contributed by atoms with Gasteiger partial charge in [0.1, 0.15) is 12.4 Å². The molecule has 1 N–H and O–H groups in total. The summed E-state index contributed by atoms with van der Waals surface area (Å²) in [7, 11) is 3.55. The van der Waals surface area contributed by atoms with Gasteiger partial charge in [-0.1, -0.05) is 18.2 Å². The zero-order valence-corrected chi connectivity index (χ0v) is 18.2. The number of benzene rings is 1. The van der Waals surface area contributed by atoms with E-state index in [4.69, 9.17) is 14.2 Å². The fraction of sp³-hybridized carbons (Fsp3) is 0.632. The number of hydrogen-bond donors (Lipinski definition) is 1. The molecule has 1 aliphatic rings. The number of methoxy groups -OCH3 is 1. The molecule has 1 heterocycles. The van der Waals surface area contributed by atoms with Gasteiger partial charge in [-0.3, -0.25) is 4.99 Å². The molecule has 0 bridgehead atoms. The highest BCUT2D eigenvalue weighted by Crippen LogP contribution is 2.14. The van der Waals surface area contributed by atoms with Crippen molar-refractivity contribution < 1.29 is 14.2 Å². The second kappa shape index (κ2) is 14.1. The maximum absolute atomic E-state index is 5.91. The smallest absolute Gasteiger partial charge is 0.193 e. The Morgan fingerprint density at radius 3 is 2.54 bits per heavy atom. The fourth-order valence-electron chi connectivity index (χ4n) is 2.87. The summed E-state index contributed by atoms with van der Waals surface area (Å²) in [4.78, 5) is 6.68. The van der Waals surface area contributed by atoms with Gasteiger partial charge in [0.15, 0.2) is 5.96 Å². The molecule has 0 radical (unpaired) electrons. The topological polar surface area (TPSA) is 55.3 Å². The van der Waals surface area contributed by atoms with E-state index in [9.17, 15) is 0 Å². The molecule has 0 unspecified atom stereocenters. The Kier molecular flexibility index (Phi) is 12.4. The van der Waals surface area contributed by atoms with E-state index in [0.717, 1.165) is 63.8 Å². The van der Waals surface area contributed by atoms with E-state index in [1.807, 2.05) is 37.4 Å². The monoisotopic (exact) mass is 477 g/mol. The molecule has 0 spiro atoms. The number of nitrogens with one attached hydrogen (secondary N) is 1. The van der Waals surface area contributed by atoms with Crippen LogP contribution in [-0.2, 0) is 9.47 Å². The second-order valence-electron chi connectivity index (χ2n) is 6.04. The highest BCUT2D eigenvalue weighted by Gasteiger charge is 2.21. The third kappa shape index (κ3) is 8.55. The third-order valence-electron chi connectivity index (χ3n) is 4.20. The maximum Gasteiger partial charge on any atom is 0.193 e. The number of likely N-dealkylation sites (tertiary alicyclic amines) is 1. The Hall–Kier alpha value is -1.06. The highest BCUT2D eigenvalue weighted by molar-refractivity contribution is 14.0. The van der Waals surface area contributed by atoms with Gasteiger partial charge < -0.3 is 24.4 Å². The average molecular weight is 477 g/mol. The summed E-state index contributed by atoms with van der Waals surface area (Å²) in [6.07, 6.45) is 3.39. The van der Waals surface area contributed by atoms with Gasteiger partial charge in [-0.15, -0.1) is 24.0 Å². The Morgan fingerprint density at radius 2 is 1.88 bits per heavy atom. The lowest BCUT2D eigenvalue weighted by molar-refractivity contribution is 0.00989. The molecule has 1 aromatic rings. The number of ether oxygens (including phenoxy) is 3. The first-order chi connectivity index (χ1) is 12.3. The summed E-state index contributed by atoms with van der Waals surface area (Å²) in [5.41, 5.74) is 0. The van der Waals surface area contributed by atoms with Crippen LogP contribution in [-0.4, -0.2) is 70.6 Å². The van der Waals surface area contributed by atoms with Gasteiger partial charge in [-0.25, -0.2) is 0 Å². The van der Waals surface area contributed by atoms with Crippen LogP contribution in [0.25, 0.3) is 0 Å². The Bertz CT molecular complexity index is 494. The number of aliphatic imine (C=N–C) groups is 1. The molecule has 1 aromatic carbocycles. The molecule has 148 valence electrons. The van der Waals surface area contributed by atoms with Crippen molar-refractivity contribution in [1.29, 1.82) is 0 Å². The molecule has 1 saturated heterocycles. The molecule has 0 aromatic heterocycles. The van der Waals surface area contributed by atoms with E-state index in [2.05, 4.69) is 15.2 Å². The quantitative estimate of drug-likeness (QED) is 0.257. The van der Waals surface area contributed by atoms with Crippen molar-refractivity contribution in [3.63, 3.8) is 0 Å². The fourth-order valence-corrected chi connectivity index (χ4v) is 2.87. The second-order valence-corrected chi connectivity index (χ2v) is 6.04. The minimum atomic E-state index is 0. The number of para-hydroxylation sites is 1. The largest absolute Gasteiger partial charge is 0.492 e. The van der Waals surface area contributed by atoms with Crippen molar-refractivity contribution in [2.45, 2.75) is 25.4 Å². The lowest BCUT2D eigenvalue weighted by atomic mass is 10.1. The molecule has 1 fully saturated rings. The molecule has 2 rings (SSSR count). The van der Waals surface area contributed by atoms with Crippen molar-refractivity contribution >= 4 is 29.9 Å². The van der Waals surface area contributed by atoms with Crippen LogP contribution in [0.1, 0.15) is 19.3 Å². The van der Waals surface area contributed by atoms with Crippen LogP contribution in [0.3, 0.4) is 0 Å². The van der Waals surface area contributed by atoms with E-state index in [-0.39, 0.29) is 24.0 Å². The number of guanidine groups is 1. The predicted molar refractivity (Wildman–Crippen MR) is 116 cm³/mol. The number of halogens is 1. The molecule has 0 atom stereocenters. The van der Waals surface area contributed by atoms with E-state index in [1.54, 1.807) is 7.11 Å². The molecular formula is C19H32IN3O3. The predicted octanol–water partition coefficient (Wildman–Crippen LogP) is 2.78. The summed E-state index contributed by atoms with van der Waals surface area (Å²) in [5, 5.41) is 3.38. The van der Waals surface area contributed by atoms with Crippen LogP contribution >= 0.6 is 24.0 Å². The SMILES string of the molecule is CN=C(NCCOc1ccccc1)N1CCC(OCCCOC)CC1.I. The van der Waals surface area contributed by atoms with E-state index < -0.39 is 0 Å². The van der Waals surface area contributed by atoms with Crippen LogP contribution in [0.4, 0.5) is 0 Å². The van der Waals surface area contributed by atoms with Crippen LogP contribution in [0.5, 0.6) is 5.75 Å². The van der Waals surface area contributed by atoms with E-state index >= 15 is 0 Å². The molecule has 6 nitrogen and oxygen atoms in total. The van der Waals surface area contributed by atoms with Gasteiger partial charge in [0, 0.05) is 40.5 Å². The third-order valence-corrected chi connectivity index (χ3v) is 4.20. The van der Waals surface area contributed by atoms with Crippen LogP contribution in [0, 0.1) is 0 Å². The Balaban J connectivity index is 0.00000338. The zero-order chi connectivity index (χ0) is 17.7. The summed E-state index contributed by atoms with van der Waals surface area (Å²) < 4.78 is 16.7. The van der Waals surface area contributed by atoms with Gasteiger partial charge in [-0.2, -0.15) is 0 Å². The van der Waals surface area contributed by atoms with Crippen molar-refractivity contribution in [2.24, 2.45) is 4.99 Å². The molecule has 0 saturated carbocycles. The maximum atomic E-state index is 5.91. The Morgan fingerprint density at radius 1 is 1.15 bits per heavy atom. The summed E-state index contributed by atoms with van der Waals surface area (Å²) in [5.74, 6) is 1.83. The van der Waals surface area contributed by atoms with Gasteiger partial charge in [-0.05, 0) is 31.4 Å². The van der Waals surface area contributed by atoms with Gasteiger partial charge >= 0.3 is 0 Å². The summed E-state index contributed by atoms with van der Waals surface area (Å²) >= 11 is 0. The first-order valence-electron chi connectivity index (χ1n) is 9.07. The van der Waals surface area contributed by atoms with E-state index in [0.29, 0.717) is 12.7 Å². The minimum Gasteiger partial charge on any atom is -0.492 e. The lowest BCUT2D eigenvalue weighted by Crippen LogP contribution is -2.47. The van der Waals surface area contributed by atoms with Crippen LogP contribution in [0.2, 0.25) is 0 Å². The van der Waals surface area contributed by atoms with Crippen LogP contribution in [0.15, 0.2) is 35.3 Å². The molecule has 7 heteroatoms. The zero-order valence-electron chi connectivity index (χ0n) is 15.9. The number of hydrogen-bond acceptors (Lipinski definition) is 4. The number of rotatable bonds is 9. The number of nitrogens with zero attached hydrogens (tertiary/aromatic N) is 2. The van der Waals surface area contributed by atoms with Crippen molar-refractivity contribution in [3.05, 3.63) is 30.3 Å². The molecule has 0 aliphatic carbocycles. The normalized spacial score (nSPS) is 15.5. The van der Waals surface area contributed by atoms with Crippen molar-refractivity contribution in [2.75, 3.05) is 53.6 Å². The van der Waals surface area contributed by atoms with Gasteiger partial charge in [0.25, 0.3) is 0 Å². The summed E-state index contributed by atoms with van der Waals surface area (Å²) in [6, 6.07) is 9.86. The first kappa shape index (κ1) is 23.0. The van der Waals surface area contributed by atoms with Crippen molar-refractivity contribution in [3.8, 4) is 5.75 Å². The molecular weight excluding hydrogens is 445 g/mol.